The Morgan fingerprint density at radius 1 is 1.50 bits per heavy atom. The molecule has 2 unspecified atom stereocenters. The molecule has 0 bridgehead atoms. The van der Waals surface area contributed by atoms with Gasteiger partial charge in [-0.2, -0.15) is 0 Å². The van der Waals surface area contributed by atoms with E-state index in [1.54, 1.807) is 0 Å². The lowest BCUT2D eigenvalue weighted by atomic mass is 10.2. The van der Waals surface area contributed by atoms with E-state index in [9.17, 15) is 4.79 Å². The number of anilines is 1. The average Bonchev–Trinajstić information content (AvgIpc) is 3.04. The highest BCUT2D eigenvalue weighted by Crippen LogP contribution is 2.37. The third-order valence-electron chi connectivity index (χ3n) is 3.70. The molecule has 1 aromatic carbocycles. The van der Waals surface area contributed by atoms with E-state index in [0.29, 0.717) is 22.8 Å². The summed E-state index contributed by atoms with van der Waals surface area (Å²) >= 11 is 4.98. The number of nitrogens with zero attached hydrogens (tertiary/aromatic N) is 1. The van der Waals surface area contributed by atoms with Crippen LogP contribution in [-0.2, 0) is 4.79 Å². The Morgan fingerprint density at radius 2 is 2.15 bits per heavy atom. The summed E-state index contributed by atoms with van der Waals surface area (Å²) in [6.45, 7) is 3.61. The van der Waals surface area contributed by atoms with Crippen LogP contribution in [0.4, 0.5) is 5.69 Å². The average molecular weight is 291 g/mol. The van der Waals surface area contributed by atoms with Crippen molar-refractivity contribution < 1.29 is 4.79 Å². The van der Waals surface area contributed by atoms with Crippen molar-refractivity contribution in [2.45, 2.75) is 13.3 Å². The highest BCUT2D eigenvalue weighted by Gasteiger charge is 2.33. The van der Waals surface area contributed by atoms with Gasteiger partial charge in [0.05, 0.1) is 12.2 Å². The zero-order valence-corrected chi connectivity index (χ0v) is 12.7. The quantitative estimate of drug-likeness (QED) is 0.785. The molecule has 1 aromatic rings. The van der Waals surface area contributed by atoms with Crippen LogP contribution < -0.4 is 11.1 Å². The van der Waals surface area contributed by atoms with Gasteiger partial charge in [0.2, 0.25) is 5.91 Å². The Morgan fingerprint density at radius 3 is 2.75 bits per heavy atom. The number of hydrogen-bond acceptors (Lipinski definition) is 3. The summed E-state index contributed by atoms with van der Waals surface area (Å²) in [4.78, 5) is 14.4. The number of amides is 1. The number of nitrogens with two attached hydrogens (primary N) is 1. The summed E-state index contributed by atoms with van der Waals surface area (Å²) < 4.78 is 0. The molecule has 20 heavy (non-hydrogen) atoms. The van der Waals surface area contributed by atoms with Crippen molar-refractivity contribution in [1.82, 2.24) is 4.90 Å². The molecule has 1 fully saturated rings. The fourth-order valence-electron chi connectivity index (χ4n) is 2.36. The van der Waals surface area contributed by atoms with Gasteiger partial charge < -0.3 is 11.1 Å². The number of para-hydroxylation sites is 1. The fraction of sp³-hybridized carbons (Fsp3) is 0.467. The van der Waals surface area contributed by atoms with Gasteiger partial charge in [0.1, 0.15) is 4.99 Å². The van der Waals surface area contributed by atoms with E-state index in [0.717, 1.165) is 18.4 Å². The minimum Gasteiger partial charge on any atom is -0.389 e. The van der Waals surface area contributed by atoms with Gasteiger partial charge in [-0.3, -0.25) is 9.69 Å². The van der Waals surface area contributed by atoms with Crippen molar-refractivity contribution in [1.29, 1.82) is 0 Å². The van der Waals surface area contributed by atoms with Crippen LogP contribution >= 0.6 is 12.2 Å². The van der Waals surface area contributed by atoms with Gasteiger partial charge in [0.15, 0.2) is 0 Å². The molecule has 2 atom stereocenters. The van der Waals surface area contributed by atoms with Crippen molar-refractivity contribution in [2.24, 2.45) is 17.6 Å². The summed E-state index contributed by atoms with van der Waals surface area (Å²) in [6.07, 6.45) is 1.27. The normalized spacial score (nSPS) is 20.8. The number of benzene rings is 1. The first-order chi connectivity index (χ1) is 9.47. The molecule has 4 nitrogen and oxygen atoms in total. The number of carbonyl (C=O) groups is 1. The standard InChI is InChI=1S/C15H21N3OS/c1-10-7-11(10)8-18(2)9-14(19)17-13-6-4-3-5-12(13)15(16)20/h3-6,10-11H,7-9H2,1-2H3,(H2,16,20)(H,17,19). The molecule has 1 aliphatic rings. The molecule has 1 saturated carbocycles. The van der Waals surface area contributed by atoms with Crippen LogP contribution in [0.3, 0.4) is 0 Å². The summed E-state index contributed by atoms with van der Waals surface area (Å²) in [5.41, 5.74) is 7.03. The SMILES string of the molecule is CC1CC1CN(C)CC(=O)Nc1ccccc1C(N)=S. The molecule has 1 amide bonds. The Kier molecular flexibility index (Phi) is 4.73. The molecular weight excluding hydrogens is 270 g/mol. The molecule has 5 heteroatoms. The number of thiocarbonyl (C=S) groups is 1. The highest BCUT2D eigenvalue weighted by atomic mass is 32.1. The van der Waals surface area contributed by atoms with Crippen LogP contribution in [0.15, 0.2) is 24.3 Å². The van der Waals surface area contributed by atoms with Crippen molar-refractivity contribution in [2.75, 3.05) is 25.5 Å². The number of rotatable bonds is 6. The predicted octanol–water partition coefficient (Wildman–Crippen LogP) is 1.85. The maximum absolute atomic E-state index is 12.0. The van der Waals surface area contributed by atoms with Crippen LogP contribution in [-0.4, -0.2) is 35.9 Å². The zero-order valence-electron chi connectivity index (χ0n) is 11.9. The maximum atomic E-state index is 12.0. The van der Waals surface area contributed by atoms with Crippen LogP contribution in [0.5, 0.6) is 0 Å². The Labute approximate surface area is 125 Å². The maximum Gasteiger partial charge on any atom is 0.238 e. The van der Waals surface area contributed by atoms with Crippen LogP contribution in [0.2, 0.25) is 0 Å². The number of likely N-dealkylation sites (N-methyl/N-ethyl adjacent to an activating group) is 1. The molecular formula is C15H21N3OS. The van der Waals surface area contributed by atoms with Gasteiger partial charge >= 0.3 is 0 Å². The molecule has 1 aliphatic carbocycles. The van der Waals surface area contributed by atoms with Crippen LogP contribution in [0, 0.1) is 11.8 Å². The smallest absolute Gasteiger partial charge is 0.238 e. The third-order valence-corrected chi connectivity index (χ3v) is 3.92. The van der Waals surface area contributed by atoms with Gasteiger partial charge in [0, 0.05) is 12.1 Å². The molecule has 2 rings (SSSR count). The summed E-state index contributed by atoms with van der Waals surface area (Å²) in [7, 11) is 1.98. The summed E-state index contributed by atoms with van der Waals surface area (Å²) in [6, 6.07) is 7.33. The lowest BCUT2D eigenvalue weighted by Gasteiger charge is -2.17. The lowest BCUT2D eigenvalue weighted by Crippen LogP contribution is -2.32. The second-order valence-electron chi connectivity index (χ2n) is 5.63. The van der Waals surface area contributed by atoms with E-state index >= 15 is 0 Å². The van der Waals surface area contributed by atoms with E-state index in [1.165, 1.54) is 6.42 Å². The molecule has 0 heterocycles. The number of hydrogen-bond donors (Lipinski definition) is 2. The van der Waals surface area contributed by atoms with E-state index in [4.69, 9.17) is 18.0 Å². The van der Waals surface area contributed by atoms with Crippen molar-refractivity contribution >= 4 is 28.8 Å². The van der Waals surface area contributed by atoms with Crippen LogP contribution in [0.25, 0.3) is 0 Å². The van der Waals surface area contributed by atoms with Gasteiger partial charge in [-0.1, -0.05) is 31.3 Å². The van der Waals surface area contributed by atoms with E-state index in [1.807, 2.05) is 31.3 Å². The minimum absolute atomic E-state index is 0.0375. The van der Waals surface area contributed by atoms with E-state index in [2.05, 4.69) is 17.1 Å². The second kappa shape index (κ2) is 6.33. The van der Waals surface area contributed by atoms with E-state index < -0.39 is 0 Å². The summed E-state index contributed by atoms with van der Waals surface area (Å²) in [5.74, 6) is 1.51. The van der Waals surface area contributed by atoms with Crippen molar-refractivity contribution in [3.63, 3.8) is 0 Å². The number of carbonyl (C=O) groups excluding carboxylic acids is 1. The zero-order chi connectivity index (χ0) is 14.7. The first-order valence-electron chi connectivity index (χ1n) is 6.84. The molecule has 0 aliphatic heterocycles. The molecule has 0 spiro atoms. The third kappa shape index (κ3) is 4.02. The van der Waals surface area contributed by atoms with Crippen molar-refractivity contribution in [3.05, 3.63) is 29.8 Å². The minimum atomic E-state index is -0.0375. The molecule has 0 radical (unpaired) electrons. The van der Waals surface area contributed by atoms with Gasteiger partial charge in [0.25, 0.3) is 0 Å². The highest BCUT2D eigenvalue weighted by molar-refractivity contribution is 7.80. The molecule has 3 N–H and O–H groups in total. The molecule has 0 aromatic heterocycles. The molecule has 108 valence electrons. The lowest BCUT2D eigenvalue weighted by molar-refractivity contribution is -0.117. The van der Waals surface area contributed by atoms with E-state index in [-0.39, 0.29) is 5.91 Å². The largest absolute Gasteiger partial charge is 0.389 e. The van der Waals surface area contributed by atoms with Gasteiger partial charge in [-0.15, -0.1) is 0 Å². The molecule has 0 saturated heterocycles. The monoisotopic (exact) mass is 291 g/mol. The van der Waals surface area contributed by atoms with Crippen LogP contribution in [0.1, 0.15) is 18.9 Å². The number of nitrogens with one attached hydrogen (secondary N) is 1. The Balaban J connectivity index is 1.89. The first-order valence-corrected chi connectivity index (χ1v) is 7.25. The Hall–Kier alpha value is -1.46. The second-order valence-corrected chi connectivity index (χ2v) is 6.07. The van der Waals surface area contributed by atoms with Gasteiger partial charge in [-0.05, 0) is 37.4 Å². The van der Waals surface area contributed by atoms with Crippen molar-refractivity contribution in [3.8, 4) is 0 Å². The Bertz CT molecular complexity index is 518. The fourth-order valence-corrected chi connectivity index (χ4v) is 2.54. The first kappa shape index (κ1) is 14.9. The van der Waals surface area contributed by atoms with Gasteiger partial charge in [-0.25, -0.2) is 0 Å². The summed E-state index contributed by atoms with van der Waals surface area (Å²) in [5, 5.41) is 2.88. The predicted molar refractivity (Wildman–Crippen MR) is 85.7 cm³/mol. The topological polar surface area (TPSA) is 58.4 Å².